The van der Waals surface area contributed by atoms with E-state index in [1.54, 1.807) is 43.3 Å². The van der Waals surface area contributed by atoms with Crippen molar-refractivity contribution in [2.75, 3.05) is 10.8 Å². The van der Waals surface area contributed by atoms with Gasteiger partial charge in [0.1, 0.15) is 18.4 Å². The molecule has 0 radical (unpaired) electrons. The Morgan fingerprint density at radius 3 is 2.13 bits per heavy atom. The molecule has 0 aliphatic carbocycles. The van der Waals surface area contributed by atoms with Crippen molar-refractivity contribution < 1.29 is 22.4 Å². The second-order valence-electron chi connectivity index (χ2n) is 9.17. The highest BCUT2D eigenvalue weighted by Crippen LogP contribution is 2.30. The maximum atomic E-state index is 14.0. The molecule has 0 saturated carbocycles. The van der Waals surface area contributed by atoms with E-state index in [1.807, 2.05) is 13.8 Å². The first-order valence-corrected chi connectivity index (χ1v) is 14.6. The van der Waals surface area contributed by atoms with Gasteiger partial charge in [0.2, 0.25) is 11.8 Å². The molecule has 0 aromatic heterocycles. The summed E-state index contributed by atoms with van der Waals surface area (Å²) in [6.07, 6.45) is 0.983. The Morgan fingerprint density at radius 1 is 0.923 bits per heavy atom. The SMILES string of the molecule is CC[C@@H](C)NC(=O)[C@@H](CC)N(Cc1ccc(F)cc1)C(=O)CN(c1ccccc1Cl)S(=O)(=O)c1ccccc1. The number of hydrogen-bond acceptors (Lipinski definition) is 4. The Kier molecular flexibility index (Phi) is 10.5. The van der Waals surface area contributed by atoms with Gasteiger partial charge in [0.05, 0.1) is 15.6 Å². The van der Waals surface area contributed by atoms with Gasteiger partial charge in [0, 0.05) is 12.6 Å². The number of amides is 2. The molecular weight excluding hydrogens is 541 g/mol. The quantitative estimate of drug-likeness (QED) is 0.314. The van der Waals surface area contributed by atoms with Crippen LogP contribution in [-0.4, -0.2) is 43.8 Å². The third-order valence-electron chi connectivity index (χ3n) is 6.38. The Labute approximate surface area is 234 Å². The number of anilines is 1. The van der Waals surface area contributed by atoms with Crippen LogP contribution in [0.4, 0.5) is 10.1 Å². The van der Waals surface area contributed by atoms with Crippen LogP contribution in [0.1, 0.15) is 39.2 Å². The summed E-state index contributed by atoms with van der Waals surface area (Å²) >= 11 is 6.40. The maximum absolute atomic E-state index is 14.0. The van der Waals surface area contributed by atoms with Crippen LogP contribution in [0, 0.1) is 5.82 Å². The summed E-state index contributed by atoms with van der Waals surface area (Å²) in [5, 5.41) is 3.06. The minimum absolute atomic E-state index is 0.00985. The predicted octanol–water partition coefficient (Wildman–Crippen LogP) is 5.40. The molecule has 208 valence electrons. The van der Waals surface area contributed by atoms with Crippen LogP contribution in [-0.2, 0) is 26.2 Å². The van der Waals surface area contributed by atoms with E-state index >= 15 is 0 Å². The van der Waals surface area contributed by atoms with E-state index in [9.17, 15) is 22.4 Å². The predicted molar refractivity (Wildman–Crippen MR) is 151 cm³/mol. The van der Waals surface area contributed by atoms with Gasteiger partial charge in [-0.3, -0.25) is 13.9 Å². The van der Waals surface area contributed by atoms with Crippen LogP contribution >= 0.6 is 11.6 Å². The number of hydrogen-bond donors (Lipinski definition) is 1. The molecule has 0 bridgehead atoms. The van der Waals surface area contributed by atoms with E-state index < -0.39 is 34.3 Å². The van der Waals surface area contributed by atoms with Crippen molar-refractivity contribution in [3.63, 3.8) is 0 Å². The number of nitrogens with zero attached hydrogens (tertiary/aromatic N) is 2. The normalized spacial score (nSPS) is 12.8. The molecular formula is C29H33ClFN3O4S. The highest BCUT2D eigenvalue weighted by atomic mass is 35.5. The van der Waals surface area contributed by atoms with Gasteiger partial charge in [-0.25, -0.2) is 12.8 Å². The third kappa shape index (κ3) is 7.58. The van der Waals surface area contributed by atoms with Crippen LogP contribution in [0.3, 0.4) is 0 Å². The zero-order valence-corrected chi connectivity index (χ0v) is 23.8. The highest BCUT2D eigenvalue weighted by molar-refractivity contribution is 7.92. The standard InChI is InChI=1S/C29H33ClFN3O4S/c1-4-21(3)32-29(36)26(5-2)33(19-22-15-17-23(31)18-16-22)28(35)20-34(27-14-10-9-13-25(27)30)39(37,38)24-11-7-6-8-12-24/h6-18,21,26H,4-5,19-20H2,1-3H3,(H,32,36)/t21-,26-/m1/s1. The summed E-state index contributed by atoms with van der Waals surface area (Å²) in [5.41, 5.74) is 0.727. The van der Waals surface area contributed by atoms with Crippen molar-refractivity contribution >= 4 is 39.1 Å². The Morgan fingerprint density at radius 2 is 1.54 bits per heavy atom. The molecule has 2 atom stereocenters. The first-order valence-electron chi connectivity index (χ1n) is 12.7. The molecule has 7 nitrogen and oxygen atoms in total. The average molecular weight is 574 g/mol. The molecule has 3 rings (SSSR count). The molecule has 3 aromatic rings. The van der Waals surface area contributed by atoms with Gasteiger partial charge in [-0.15, -0.1) is 0 Å². The second-order valence-corrected chi connectivity index (χ2v) is 11.4. The Bertz CT molecular complexity index is 1370. The van der Waals surface area contributed by atoms with Crippen LogP contribution < -0.4 is 9.62 Å². The van der Waals surface area contributed by atoms with Gasteiger partial charge in [-0.1, -0.05) is 67.9 Å². The lowest BCUT2D eigenvalue weighted by Gasteiger charge is -2.34. The Balaban J connectivity index is 2.05. The average Bonchev–Trinajstić information content (AvgIpc) is 2.93. The number of benzene rings is 3. The molecule has 1 N–H and O–H groups in total. The van der Waals surface area contributed by atoms with Gasteiger partial charge in [0.15, 0.2) is 0 Å². The summed E-state index contributed by atoms with van der Waals surface area (Å²) in [6.45, 7) is 4.95. The number of carbonyl (C=O) groups excluding carboxylic acids is 2. The van der Waals surface area contributed by atoms with Gasteiger partial charge in [0.25, 0.3) is 10.0 Å². The molecule has 0 spiro atoms. The van der Waals surface area contributed by atoms with Gasteiger partial charge in [-0.05, 0) is 61.7 Å². The molecule has 0 unspecified atom stereocenters. The summed E-state index contributed by atoms with van der Waals surface area (Å²) in [5.74, 6) is -1.39. The smallest absolute Gasteiger partial charge is 0.264 e. The minimum atomic E-state index is -4.21. The van der Waals surface area contributed by atoms with Gasteiger partial charge < -0.3 is 10.2 Å². The number of nitrogens with one attached hydrogen (secondary N) is 1. The molecule has 0 aliphatic rings. The van der Waals surface area contributed by atoms with E-state index in [0.29, 0.717) is 12.0 Å². The molecule has 2 amide bonds. The minimum Gasteiger partial charge on any atom is -0.352 e. The van der Waals surface area contributed by atoms with Gasteiger partial charge >= 0.3 is 0 Å². The molecule has 0 fully saturated rings. The number of carbonyl (C=O) groups is 2. The summed E-state index contributed by atoms with van der Waals surface area (Å²) in [6, 6.07) is 18.7. The van der Waals surface area contributed by atoms with Crippen molar-refractivity contribution in [2.45, 2.75) is 57.1 Å². The van der Waals surface area contributed by atoms with Crippen LogP contribution in [0.25, 0.3) is 0 Å². The number of sulfonamides is 1. The largest absolute Gasteiger partial charge is 0.352 e. The lowest BCUT2D eigenvalue weighted by molar-refractivity contribution is -0.140. The van der Waals surface area contributed by atoms with Crippen molar-refractivity contribution in [3.8, 4) is 0 Å². The van der Waals surface area contributed by atoms with Crippen LogP contribution in [0.15, 0.2) is 83.8 Å². The molecule has 10 heteroatoms. The molecule has 3 aromatic carbocycles. The molecule has 0 heterocycles. The molecule has 0 saturated heterocycles. The highest BCUT2D eigenvalue weighted by Gasteiger charge is 2.34. The van der Waals surface area contributed by atoms with Crippen LogP contribution in [0.5, 0.6) is 0 Å². The molecule has 39 heavy (non-hydrogen) atoms. The van der Waals surface area contributed by atoms with Crippen molar-refractivity contribution in [2.24, 2.45) is 0 Å². The number of halogens is 2. The summed E-state index contributed by atoms with van der Waals surface area (Å²) in [7, 11) is -4.21. The zero-order chi connectivity index (χ0) is 28.6. The number of rotatable bonds is 12. The second kappa shape index (κ2) is 13.6. The third-order valence-corrected chi connectivity index (χ3v) is 8.48. The lowest BCUT2D eigenvalue weighted by atomic mass is 10.1. The Hall–Kier alpha value is -3.43. The van der Waals surface area contributed by atoms with E-state index in [0.717, 1.165) is 4.31 Å². The van der Waals surface area contributed by atoms with E-state index in [-0.39, 0.29) is 40.5 Å². The monoisotopic (exact) mass is 573 g/mol. The maximum Gasteiger partial charge on any atom is 0.264 e. The first-order chi connectivity index (χ1) is 18.6. The van der Waals surface area contributed by atoms with E-state index in [4.69, 9.17) is 11.6 Å². The first kappa shape index (κ1) is 30.1. The molecule has 0 aliphatic heterocycles. The fraction of sp³-hybridized carbons (Fsp3) is 0.310. The van der Waals surface area contributed by atoms with Crippen molar-refractivity contribution in [3.05, 3.63) is 95.3 Å². The fourth-order valence-corrected chi connectivity index (χ4v) is 5.78. The van der Waals surface area contributed by atoms with E-state index in [2.05, 4.69) is 5.32 Å². The van der Waals surface area contributed by atoms with Crippen molar-refractivity contribution in [1.29, 1.82) is 0 Å². The summed E-state index contributed by atoms with van der Waals surface area (Å²) < 4.78 is 42.1. The van der Waals surface area contributed by atoms with E-state index in [1.165, 1.54) is 47.4 Å². The topological polar surface area (TPSA) is 86.8 Å². The fourth-order valence-electron chi connectivity index (χ4n) is 4.03. The zero-order valence-electron chi connectivity index (χ0n) is 22.2. The van der Waals surface area contributed by atoms with Crippen molar-refractivity contribution in [1.82, 2.24) is 10.2 Å². The number of para-hydroxylation sites is 1. The lowest BCUT2D eigenvalue weighted by Crippen LogP contribution is -2.53. The summed E-state index contributed by atoms with van der Waals surface area (Å²) in [4.78, 5) is 28.5. The van der Waals surface area contributed by atoms with Crippen LogP contribution in [0.2, 0.25) is 5.02 Å². The van der Waals surface area contributed by atoms with Gasteiger partial charge in [-0.2, -0.15) is 0 Å².